The SMILES string of the molecule is COCC(C)(NC(=O)c1nc2nccc(C)n2n1)C(=O)O. The Labute approximate surface area is 120 Å². The minimum absolute atomic E-state index is 0.152. The molecule has 112 valence electrons. The third-order valence-electron chi connectivity index (χ3n) is 2.93. The molecular weight excluding hydrogens is 278 g/mol. The van der Waals surface area contributed by atoms with Crippen LogP contribution in [0.3, 0.4) is 0 Å². The van der Waals surface area contributed by atoms with Crippen molar-refractivity contribution in [3.05, 3.63) is 23.8 Å². The molecule has 1 amide bonds. The average Bonchev–Trinajstić information content (AvgIpc) is 2.84. The van der Waals surface area contributed by atoms with Gasteiger partial charge >= 0.3 is 5.97 Å². The summed E-state index contributed by atoms with van der Waals surface area (Å²) in [7, 11) is 1.35. The molecule has 2 rings (SSSR count). The number of fused-ring (bicyclic) bond motifs is 1. The number of rotatable bonds is 5. The number of aryl methyl sites for hydroxylation is 1. The maximum Gasteiger partial charge on any atom is 0.331 e. The minimum atomic E-state index is -1.56. The van der Waals surface area contributed by atoms with Gasteiger partial charge in [-0.2, -0.15) is 4.98 Å². The molecule has 9 heteroatoms. The fourth-order valence-corrected chi connectivity index (χ4v) is 1.75. The van der Waals surface area contributed by atoms with Gasteiger partial charge in [0.25, 0.3) is 11.7 Å². The third kappa shape index (κ3) is 2.82. The Morgan fingerprint density at radius 1 is 1.52 bits per heavy atom. The number of ether oxygens (including phenoxy) is 1. The Morgan fingerprint density at radius 2 is 2.24 bits per heavy atom. The number of methoxy groups -OCH3 is 1. The zero-order chi connectivity index (χ0) is 15.6. The Hall–Kier alpha value is -2.55. The van der Waals surface area contributed by atoms with E-state index >= 15 is 0 Å². The van der Waals surface area contributed by atoms with Crippen molar-refractivity contribution in [2.75, 3.05) is 13.7 Å². The van der Waals surface area contributed by atoms with Gasteiger partial charge in [0.15, 0.2) is 5.54 Å². The first-order chi connectivity index (χ1) is 9.87. The molecule has 0 saturated carbocycles. The van der Waals surface area contributed by atoms with Crippen molar-refractivity contribution in [1.82, 2.24) is 24.9 Å². The van der Waals surface area contributed by atoms with Crippen molar-refractivity contribution < 1.29 is 19.4 Å². The third-order valence-corrected chi connectivity index (χ3v) is 2.93. The average molecular weight is 293 g/mol. The smallest absolute Gasteiger partial charge is 0.331 e. The molecule has 0 fully saturated rings. The van der Waals surface area contributed by atoms with Gasteiger partial charge in [0, 0.05) is 19.0 Å². The Kier molecular flexibility index (Phi) is 3.85. The lowest BCUT2D eigenvalue weighted by Crippen LogP contribution is -2.55. The number of amides is 1. The lowest BCUT2D eigenvalue weighted by molar-refractivity contribution is -0.145. The summed E-state index contributed by atoms with van der Waals surface area (Å²) in [6.45, 7) is 2.95. The van der Waals surface area contributed by atoms with E-state index in [4.69, 9.17) is 4.74 Å². The predicted octanol–water partition coefficient (Wildman–Crippen LogP) is -0.348. The van der Waals surface area contributed by atoms with E-state index in [0.29, 0.717) is 0 Å². The number of hydrogen-bond donors (Lipinski definition) is 2. The predicted molar refractivity (Wildman–Crippen MR) is 70.9 cm³/mol. The molecule has 2 aromatic rings. The standard InChI is InChI=1S/C12H15N5O4/c1-7-4-5-13-11-14-8(16-17(7)11)9(18)15-12(2,6-21-3)10(19)20/h4-5H,6H2,1-3H3,(H,15,18)(H,19,20). The Bertz CT molecular complexity index is 698. The lowest BCUT2D eigenvalue weighted by Gasteiger charge is -2.24. The van der Waals surface area contributed by atoms with Gasteiger partial charge in [-0.3, -0.25) is 4.79 Å². The topological polar surface area (TPSA) is 119 Å². The number of nitrogens with zero attached hydrogens (tertiary/aromatic N) is 4. The van der Waals surface area contributed by atoms with Crippen molar-refractivity contribution in [3.8, 4) is 0 Å². The van der Waals surface area contributed by atoms with Gasteiger partial charge in [-0.05, 0) is 19.9 Å². The second kappa shape index (κ2) is 5.44. The number of carboxylic acids is 1. The van der Waals surface area contributed by atoms with Gasteiger partial charge in [-0.1, -0.05) is 0 Å². The molecule has 0 aliphatic carbocycles. The van der Waals surface area contributed by atoms with Gasteiger partial charge in [0.1, 0.15) is 0 Å². The van der Waals surface area contributed by atoms with Crippen LogP contribution >= 0.6 is 0 Å². The van der Waals surface area contributed by atoms with Crippen LogP contribution < -0.4 is 5.32 Å². The minimum Gasteiger partial charge on any atom is -0.479 e. The second-order valence-electron chi connectivity index (χ2n) is 4.76. The van der Waals surface area contributed by atoms with Gasteiger partial charge in [0.2, 0.25) is 5.82 Å². The van der Waals surface area contributed by atoms with Crippen LogP contribution in [0.15, 0.2) is 12.3 Å². The van der Waals surface area contributed by atoms with Crippen molar-refractivity contribution in [1.29, 1.82) is 0 Å². The maximum atomic E-state index is 12.1. The number of carboxylic acid groups (broad SMARTS) is 1. The highest BCUT2D eigenvalue weighted by Gasteiger charge is 2.36. The first-order valence-electron chi connectivity index (χ1n) is 6.10. The highest BCUT2D eigenvalue weighted by molar-refractivity contribution is 5.95. The van der Waals surface area contributed by atoms with E-state index in [1.165, 1.54) is 18.5 Å². The van der Waals surface area contributed by atoms with E-state index in [9.17, 15) is 14.7 Å². The zero-order valence-corrected chi connectivity index (χ0v) is 11.8. The summed E-state index contributed by atoms with van der Waals surface area (Å²) in [5.41, 5.74) is -0.810. The van der Waals surface area contributed by atoms with Crippen LogP contribution in [0, 0.1) is 6.92 Å². The molecule has 1 atom stereocenters. The summed E-state index contributed by atoms with van der Waals surface area (Å²) >= 11 is 0. The number of nitrogens with one attached hydrogen (secondary N) is 1. The van der Waals surface area contributed by atoms with Crippen LogP contribution in [0.4, 0.5) is 0 Å². The Balaban J connectivity index is 2.30. The summed E-state index contributed by atoms with van der Waals surface area (Å²) in [6, 6.07) is 1.72. The van der Waals surface area contributed by atoms with Crippen LogP contribution in [-0.4, -0.2) is 55.8 Å². The molecule has 0 aromatic carbocycles. The van der Waals surface area contributed by atoms with Gasteiger partial charge in [-0.25, -0.2) is 14.3 Å². The van der Waals surface area contributed by atoms with Crippen LogP contribution in [0.25, 0.3) is 5.78 Å². The normalized spacial score (nSPS) is 13.9. The maximum absolute atomic E-state index is 12.1. The van der Waals surface area contributed by atoms with E-state index in [2.05, 4.69) is 20.4 Å². The molecule has 21 heavy (non-hydrogen) atoms. The van der Waals surface area contributed by atoms with Gasteiger partial charge in [-0.15, -0.1) is 5.10 Å². The summed E-state index contributed by atoms with van der Waals surface area (Å²) in [6.07, 6.45) is 1.55. The van der Waals surface area contributed by atoms with E-state index < -0.39 is 17.4 Å². The number of hydrogen-bond acceptors (Lipinski definition) is 6. The number of aromatic nitrogens is 4. The first-order valence-corrected chi connectivity index (χ1v) is 6.10. The van der Waals surface area contributed by atoms with E-state index in [1.54, 1.807) is 19.2 Å². The summed E-state index contributed by atoms with van der Waals surface area (Å²) in [5.74, 6) is -1.80. The molecule has 0 aliphatic rings. The first kappa shape index (κ1) is 14.9. The molecular formula is C12H15N5O4. The largest absolute Gasteiger partial charge is 0.479 e. The molecule has 2 aromatic heterocycles. The van der Waals surface area contributed by atoms with Crippen LogP contribution in [-0.2, 0) is 9.53 Å². The fraction of sp³-hybridized carbons (Fsp3) is 0.417. The molecule has 2 N–H and O–H groups in total. The monoisotopic (exact) mass is 293 g/mol. The summed E-state index contributed by atoms with van der Waals surface area (Å²) in [5, 5.41) is 15.6. The Morgan fingerprint density at radius 3 is 2.81 bits per heavy atom. The molecule has 0 radical (unpaired) electrons. The highest BCUT2D eigenvalue weighted by atomic mass is 16.5. The summed E-state index contributed by atoms with van der Waals surface area (Å²) < 4.78 is 6.24. The quantitative estimate of drug-likeness (QED) is 0.773. The molecule has 9 nitrogen and oxygen atoms in total. The molecule has 0 bridgehead atoms. The van der Waals surface area contributed by atoms with Crippen LogP contribution in [0.2, 0.25) is 0 Å². The molecule has 2 heterocycles. The van der Waals surface area contributed by atoms with Crippen LogP contribution in [0.1, 0.15) is 23.2 Å². The number of aliphatic carboxylic acids is 1. The van der Waals surface area contributed by atoms with E-state index in [0.717, 1.165) is 5.69 Å². The molecule has 0 spiro atoms. The zero-order valence-electron chi connectivity index (χ0n) is 11.8. The van der Waals surface area contributed by atoms with Gasteiger partial charge < -0.3 is 15.2 Å². The number of carbonyl (C=O) groups excluding carboxylic acids is 1. The molecule has 1 unspecified atom stereocenters. The second-order valence-corrected chi connectivity index (χ2v) is 4.76. The van der Waals surface area contributed by atoms with E-state index in [-0.39, 0.29) is 18.2 Å². The number of carbonyl (C=O) groups is 2. The summed E-state index contributed by atoms with van der Waals surface area (Å²) in [4.78, 5) is 31.3. The van der Waals surface area contributed by atoms with Crippen LogP contribution in [0.5, 0.6) is 0 Å². The van der Waals surface area contributed by atoms with Crippen molar-refractivity contribution in [2.24, 2.45) is 0 Å². The van der Waals surface area contributed by atoms with Crippen molar-refractivity contribution >= 4 is 17.7 Å². The highest BCUT2D eigenvalue weighted by Crippen LogP contribution is 2.07. The fourth-order valence-electron chi connectivity index (χ4n) is 1.75. The molecule has 0 aliphatic heterocycles. The lowest BCUT2D eigenvalue weighted by atomic mass is 10.0. The van der Waals surface area contributed by atoms with Crippen molar-refractivity contribution in [2.45, 2.75) is 19.4 Å². The van der Waals surface area contributed by atoms with E-state index in [1.807, 2.05) is 0 Å². The van der Waals surface area contributed by atoms with Crippen molar-refractivity contribution in [3.63, 3.8) is 0 Å². The van der Waals surface area contributed by atoms with Gasteiger partial charge in [0.05, 0.1) is 6.61 Å². The molecule has 0 saturated heterocycles.